The Bertz CT molecular complexity index is 893. The van der Waals surface area contributed by atoms with Crippen molar-refractivity contribution >= 4 is 28.2 Å². The van der Waals surface area contributed by atoms with Crippen molar-refractivity contribution in [2.24, 2.45) is 5.73 Å². The van der Waals surface area contributed by atoms with Crippen LogP contribution < -0.4 is 20.5 Å². The number of carbonyl (C=O) groups excluding carboxylic acids is 2. The van der Waals surface area contributed by atoms with Crippen molar-refractivity contribution in [2.45, 2.75) is 19.4 Å². The Balaban J connectivity index is 1.53. The normalized spacial score (nSPS) is 15.6. The number of hydrogen-bond donors (Lipinski definition) is 2. The molecule has 4 rings (SSSR count). The Morgan fingerprint density at radius 1 is 1.31 bits per heavy atom. The van der Waals surface area contributed by atoms with E-state index in [-0.39, 0.29) is 19.1 Å². The summed E-state index contributed by atoms with van der Waals surface area (Å²) in [4.78, 5) is 27.7. The molecule has 26 heavy (non-hydrogen) atoms. The summed E-state index contributed by atoms with van der Waals surface area (Å²) in [5.41, 5.74) is 7.82. The van der Waals surface area contributed by atoms with Gasteiger partial charge in [-0.3, -0.25) is 9.59 Å². The van der Waals surface area contributed by atoms with Crippen LogP contribution in [-0.4, -0.2) is 37.1 Å². The highest BCUT2D eigenvalue weighted by Crippen LogP contribution is 2.37. The van der Waals surface area contributed by atoms with E-state index in [9.17, 15) is 9.59 Å². The summed E-state index contributed by atoms with van der Waals surface area (Å²) in [5.74, 6) is 0.631. The van der Waals surface area contributed by atoms with Crippen molar-refractivity contribution in [3.8, 4) is 11.5 Å². The molecule has 0 spiro atoms. The van der Waals surface area contributed by atoms with Crippen LogP contribution in [0.15, 0.2) is 18.2 Å². The van der Waals surface area contributed by atoms with Gasteiger partial charge in [-0.05, 0) is 36.7 Å². The van der Waals surface area contributed by atoms with Crippen molar-refractivity contribution in [3.05, 3.63) is 39.8 Å². The maximum absolute atomic E-state index is 12.5. The molecule has 2 amide bonds. The summed E-state index contributed by atoms with van der Waals surface area (Å²) in [6.07, 6.45) is 0.940. The highest BCUT2D eigenvalue weighted by molar-refractivity contribution is 7.17. The third-order valence-corrected chi connectivity index (χ3v) is 5.68. The van der Waals surface area contributed by atoms with Gasteiger partial charge >= 0.3 is 0 Å². The van der Waals surface area contributed by atoms with Crippen molar-refractivity contribution < 1.29 is 19.1 Å². The number of benzene rings is 1. The maximum Gasteiger partial charge on any atom is 0.251 e. The van der Waals surface area contributed by atoms with Crippen LogP contribution in [0.3, 0.4) is 0 Å². The molecule has 0 atom stereocenters. The number of hydrogen-bond acceptors (Lipinski definition) is 6. The fourth-order valence-electron chi connectivity index (χ4n) is 3.29. The molecule has 3 heterocycles. The van der Waals surface area contributed by atoms with E-state index in [4.69, 9.17) is 15.2 Å². The number of primary amides is 1. The van der Waals surface area contributed by atoms with Crippen LogP contribution in [0.4, 0.5) is 5.00 Å². The van der Waals surface area contributed by atoms with E-state index >= 15 is 0 Å². The second-order valence-corrected chi connectivity index (χ2v) is 7.58. The second kappa shape index (κ2) is 6.62. The average Bonchev–Trinajstić information content (AvgIpc) is 3.17. The molecule has 0 radical (unpaired) electrons. The van der Waals surface area contributed by atoms with Gasteiger partial charge in [-0.15, -0.1) is 11.3 Å². The Morgan fingerprint density at radius 2 is 2.12 bits per heavy atom. The summed E-state index contributed by atoms with van der Waals surface area (Å²) < 4.78 is 10.6. The third kappa shape index (κ3) is 3.13. The van der Waals surface area contributed by atoms with Gasteiger partial charge in [0.25, 0.3) is 5.91 Å². The third-order valence-electron chi connectivity index (χ3n) is 4.55. The highest BCUT2D eigenvalue weighted by Gasteiger charge is 2.26. The Morgan fingerprint density at radius 3 is 2.92 bits per heavy atom. The first-order chi connectivity index (χ1) is 12.5. The SMILES string of the molecule is CN1CCc2c(sc(NC(=O)Cc3ccc4c(c3)OCO4)c2C(N)=O)C1. The average molecular weight is 373 g/mol. The lowest BCUT2D eigenvalue weighted by Gasteiger charge is -2.22. The number of anilines is 1. The lowest BCUT2D eigenvalue weighted by molar-refractivity contribution is -0.115. The summed E-state index contributed by atoms with van der Waals surface area (Å²) in [7, 11) is 2.03. The summed E-state index contributed by atoms with van der Waals surface area (Å²) in [6.45, 7) is 1.83. The largest absolute Gasteiger partial charge is 0.454 e. The number of nitrogens with two attached hydrogens (primary N) is 1. The van der Waals surface area contributed by atoms with Crippen LogP contribution in [0.2, 0.25) is 0 Å². The Kier molecular flexibility index (Phi) is 4.29. The maximum atomic E-state index is 12.5. The zero-order chi connectivity index (χ0) is 18.3. The number of thiophene rings is 1. The predicted molar refractivity (Wildman–Crippen MR) is 97.8 cm³/mol. The molecule has 8 heteroatoms. The number of rotatable bonds is 4. The van der Waals surface area contributed by atoms with Gasteiger partial charge in [-0.2, -0.15) is 0 Å². The first-order valence-corrected chi connectivity index (χ1v) is 9.14. The van der Waals surface area contributed by atoms with Crippen molar-refractivity contribution in [2.75, 3.05) is 25.7 Å². The standard InChI is InChI=1S/C18H19N3O4S/c1-21-5-4-11-14(8-21)26-18(16(11)17(19)23)20-15(22)7-10-2-3-12-13(6-10)25-9-24-12/h2-3,6H,4-5,7-9H2,1H3,(H2,19,23)(H,20,22). The fraction of sp³-hybridized carbons (Fsp3) is 0.333. The van der Waals surface area contributed by atoms with Crippen LogP contribution in [0.5, 0.6) is 11.5 Å². The molecule has 7 nitrogen and oxygen atoms in total. The smallest absolute Gasteiger partial charge is 0.251 e. The zero-order valence-corrected chi connectivity index (χ0v) is 15.1. The summed E-state index contributed by atoms with van der Waals surface area (Å²) in [6, 6.07) is 5.42. The molecule has 0 aliphatic carbocycles. The summed E-state index contributed by atoms with van der Waals surface area (Å²) in [5, 5.41) is 3.41. The molecule has 0 fully saturated rings. The van der Waals surface area contributed by atoms with Crippen LogP contribution in [0.1, 0.15) is 26.4 Å². The zero-order valence-electron chi connectivity index (χ0n) is 14.3. The monoisotopic (exact) mass is 373 g/mol. The van der Waals surface area contributed by atoms with Gasteiger partial charge in [0.1, 0.15) is 5.00 Å². The number of likely N-dealkylation sites (N-methyl/N-ethyl adjacent to an activating group) is 1. The molecule has 2 aliphatic heterocycles. The van der Waals surface area contributed by atoms with E-state index in [1.165, 1.54) is 11.3 Å². The molecule has 3 N–H and O–H groups in total. The van der Waals surface area contributed by atoms with Gasteiger partial charge in [0.2, 0.25) is 12.7 Å². The van der Waals surface area contributed by atoms with Crippen LogP contribution in [0, 0.1) is 0 Å². The van der Waals surface area contributed by atoms with E-state index in [1.54, 1.807) is 12.1 Å². The van der Waals surface area contributed by atoms with Gasteiger partial charge in [-0.25, -0.2) is 0 Å². The van der Waals surface area contributed by atoms with E-state index in [2.05, 4.69) is 10.2 Å². The molecule has 1 aromatic carbocycles. The highest BCUT2D eigenvalue weighted by atomic mass is 32.1. The number of carbonyl (C=O) groups is 2. The van der Waals surface area contributed by atoms with E-state index in [0.29, 0.717) is 22.1 Å². The van der Waals surface area contributed by atoms with E-state index in [1.807, 2.05) is 13.1 Å². The van der Waals surface area contributed by atoms with Crippen LogP contribution in [-0.2, 0) is 24.2 Å². The molecule has 0 saturated carbocycles. The molecule has 1 aromatic heterocycles. The minimum atomic E-state index is -0.495. The van der Waals surface area contributed by atoms with Gasteiger partial charge in [-0.1, -0.05) is 6.07 Å². The number of ether oxygens (including phenoxy) is 2. The lowest BCUT2D eigenvalue weighted by Crippen LogP contribution is -2.27. The van der Waals surface area contributed by atoms with Crippen molar-refractivity contribution in [1.82, 2.24) is 4.90 Å². The molecular formula is C18H19N3O4S. The number of amides is 2. The second-order valence-electron chi connectivity index (χ2n) is 6.47. The molecule has 0 bridgehead atoms. The van der Waals surface area contributed by atoms with Gasteiger partial charge in [0, 0.05) is 18.0 Å². The minimum absolute atomic E-state index is 0.178. The molecule has 0 saturated heterocycles. The lowest BCUT2D eigenvalue weighted by atomic mass is 10.0. The van der Waals surface area contributed by atoms with Crippen LogP contribution in [0.25, 0.3) is 0 Å². The van der Waals surface area contributed by atoms with E-state index < -0.39 is 5.91 Å². The quantitative estimate of drug-likeness (QED) is 0.851. The molecule has 136 valence electrons. The minimum Gasteiger partial charge on any atom is -0.454 e. The molecular weight excluding hydrogens is 354 g/mol. The topological polar surface area (TPSA) is 93.9 Å². The van der Waals surface area contributed by atoms with Gasteiger partial charge < -0.3 is 25.4 Å². The molecule has 2 aliphatic rings. The first-order valence-electron chi connectivity index (χ1n) is 8.32. The predicted octanol–water partition coefficient (Wildman–Crippen LogP) is 1.74. The van der Waals surface area contributed by atoms with Gasteiger partial charge in [0.05, 0.1) is 12.0 Å². The Labute approximate surface area is 154 Å². The van der Waals surface area contributed by atoms with E-state index in [0.717, 1.165) is 35.5 Å². The number of nitrogens with one attached hydrogen (secondary N) is 1. The van der Waals surface area contributed by atoms with Crippen LogP contribution >= 0.6 is 11.3 Å². The Hall–Kier alpha value is -2.58. The number of fused-ring (bicyclic) bond motifs is 2. The van der Waals surface area contributed by atoms with Crippen molar-refractivity contribution in [1.29, 1.82) is 0 Å². The fourth-order valence-corrected chi connectivity index (χ4v) is 4.64. The first kappa shape index (κ1) is 16.9. The van der Waals surface area contributed by atoms with Crippen molar-refractivity contribution in [3.63, 3.8) is 0 Å². The van der Waals surface area contributed by atoms with Gasteiger partial charge in [0.15, 0.2) is 11.5 Å². The molecule has 2 aromatic rings. The number of nitrogens with zero attached hydrogens (tertiary/aromatic N) is 1. The molecule has 0 unspecified atom stereocenters. The summed E-state index contributed by atoms with van der Waals surface area (Å²) >= 11 is 1.43.